The minimum Gasteiger partial charge on any atom is -0.495 e. The molecular weight excluding hydrogens is 468 g/mol. The Hall–Kier alpha value is -4.33. The maximum atomic E-state index is 13.7. The summed E-state index contributed by atoms with van der Waals surface area (Å²) in [5.41, 5.74) is 3.95. The van der Waals surface area contributed by atoms with Crippen LogP contribution < -0.4 is 20.1 Å². The molecule has 0 amide bonds. The van der Waals surface area contributed by atoms with Crippen molar-refractivity contribution in [2.75, 3.05) is 50.2 Å². The molecule has 0 spiro atoms. The summed E-state index contributed by atoms with van der Waals surface area (Å²) in [6, 6.07) is 21.1. The molecule has 0 saturated carbocycles. The standard InChI is InChI=1S/C29H30N4O4/c1-20-8-10-21(11-9-20)19-33-27(34)23-13-12-22(28(35)37-3)18-24(23)30-29(33)32-16-14-31(15-17-32)25-6-4-5-7-26(25)36-2/h4-13,18H,14-17,19H2,1-3H3. The van der Waals surface area contributed by atoms with E-state index in [1.807, 2.05) is 49.4 Å². The van der Waals surface area contributed by atoms with Crippen LogP contribution in [0, 0.1) is 6.92 Å². The molecule has 1 aliphatic rings. The van der Waals surface area contributed by atoms with Gasteiger partial charge in [-0.15, -0.1) is 0 Å². The number of aryl methyl sites for hydroxylation is 1. The Bertz CT molecular complexity index is 1490. The van der Waals surface area contributed by atoms with Crippen LogP contribution in [0.5, 0.6) is 5.75 Å². The van der Waals surface area contributed by atoms with E-state index in [1.165, 1.54) is 7.11 Å². The van der Waals surface area contributed by atoms with Gasteiger partial charge in [-0.25, -0.2) is 9.78 Å². The van der Waals surface area contributed by atoms with Gasteiger partial charge >= 0.3 is 5.97 Å². The molecule has 0 unspecified atom stereocenters. The van der Waals surface area contributed by atoms with Gasteiger partial charge in [-0.05, 0) is 42.8 Å². The van der Waals surface area contributed by atoms with E-state index in [2.05, 4.69) is 15.9 Å². The van der Waals surface area contributed by atoms with Crippen molar-refractivity contribution in [3.8, 4) is 5.75 Å². The van der Waals surface area contributed by atoms with E-state index < -0.39 is 5.97 Å². The SMILES string of the molecule is COC(=O)c1ccc2c(=O)n(Cc3ccc(C)cc3)c(N3CCN(c4ccccc4OC)CC3)nc2c1. The van der Waals surface area contributed by atoms with Crippen LogP contribution in [0.1, 0.15) is 21.5 Å². The zero-order valence-electron chi connectivity index (χ0n) is 21.3. The molecule has 0 radical (unpaired) electrons. The quantitative estimate of drug-likeness (QED) is 0.374. The van der Waals surface area contributed by atoms with Crippen LogP contribution in [0.4, 0.5) is 11.6 Å². The molecule has 1 fully saturated rings. The number of carbonyl (C=O) groups is 1. The summed E-state index contributed by atoms with van der Waals surface area (Å²) in [7, 11) is 3.02. The van der Waals surface area contributed by atoms with Gasteiger partial charge in [-0.2, -0.15) is 0 Å². The molecule has 0 atom stereocenters. The predicted octanol–water partition coefficient (Wildman–Crippen LogP) is 3.88. The Morgan fingerprint density at radius 3 is 2.32 bits per heavy atom. The molecule has 5 rings (SSSR count). The molecule has 190 valence electrons. The van der Waals surface area contributed by atoms with E-state index in [1.54, 1.807) is 29.9 Å². The first-order valence-corrected chi connectivity index (χ1v) is 12.3. The zero-order valence-corrected chi connectivity index (χ0v) is 21.3. The number of hydrogen-bond donors (Lipinski definition) is 0. The van der Waals surface area contributed by atoms with Crippen LogP contribution in [-0.4, -0.2) is 55.9 Å². The molecular formula is C29H30N4O4. The lowest BCUT2D eigenvalue weighted by Crippen LogP contribution is -2.48. The molecule has 4 aromatic rings. The van der Waals surface area contributed by atoms with Crippen molar-refractivity contribution in [2.45, 2.75) is 13.5 Å². The Morgan fingerprint density at radius 2 is 1.62 bits per heavy atom. The number of methoxy groups -OCH3 is 2. The van der Waals surface area contributed by atoms with Crippen LogP contribution in [0.2, 0.25) is 0 Å². The largest absolute Gasteiger partial charge is 0.495 e. The number of benzene rings is 3. The van der Waals surface area contributed by atoms with Gasteiger partial charge in [0.15, 0.2) is 0 Å². The minimum absolute atomic E-state index is 0.135. The fraction of sp³-hybridized carbons (Fsp3) is 0.276. The monoisotopic (exact) mass is 498 g/mol. The number of nitrogens with zero attached hydrogens (tertiary/aromatic N) is 4. The van der Waals surface area contributed by atoms with Crippen molar-refractivity contribution in [1.29, 1.82) is 0 Å². The molecule has 0 N–H and O–H groups in total. The van der Waals surface area contributed by atoms with Crippen LogP contribution in [-0.2, 0) is 11.3 Å². The maximum Gasteiger partial charge on any atom is 0.337 e. The first-order chi connectivity index (χ1) is 18.0. The summed E-state index contributed by atoms with van der Waals surface area (Å²) in [5, 5.41) is 0.469. The molecule has 1 aliphatic heterocycles. The highest BCUT2D eigenvalue weighted by atomic mass is 16.5. The minimum atomic E-state index is -0.459. The average molecular weight is 499 g/mol. The molecule has 8 heteroatoms. The van der Waals surface area contributed by atoms with Crippen molar-refractivity contribution >= 4 is 28.5 Å². The highest BCUT2D eigenvalue weighted by Gasteiger charge is 2.24. The topological polar surface area (TPSA) is 76.9 Å². The van der Waals surface area contributed by atoms with Gasteiger partial charge in [-0.1, -0.05) is 42.0 Å². The molecule has 0 aliphatic carbocycles. The smallest absolute Gasteiger partial charge is 0.337 e. The third-order valence-electron chi connectivity index (χ3n) is 6.81. The highest BCUT2D eigenvalue weighted by Crippen LogP contribution is 2.29. The number of esters is 1. The van der Waals surface area contributed by atoms with E-state index >= 15 is 0 Å². The summed E-state index contributed by atoms with van der Waals surface area (Å²) < 4.78 is 12.2. The predicted molar refractivity (Wildman–Crippen MR) is 145 cm³/mol. The lowest BCUT2D eigenvalue weighted by Gasteiger charge is -2.37. The van der Waals surface area contributed by atoms with Crippen molar-refractivity contribution in [3.63, 3.8) is 0 Å². The second-order valence-electron chi connectivity index (χ2n) is 9.16. The number of para-hydroxylation sites is 2. The lowest BCUT2D eigenvalue weighted by molar-refractivity contribution is 0.0601. The number of aromatic nitrogens is 2. The number of hydrogen-bond acceptors (Lipinski definition) is 7. The third-order valence-corrected chi connectivity index (χ3v) is 6.81. The molecule has 8 nitrogen and oxygen atoms in total. The molecule has 1 saturated heterocycles. The van der Waals surface area contributed by atoms with Gasteiger partial charge < -0.3 is 19.3 Å². The fourth-order valence-electron chi connectivity index (χ4n) is 4.75. The summed E-state index contributed by atoms with van der Waals surface area (Å²) in [6.07, 6.45) is 0. The van der Waals surface area contributed by atoms with Gasteiger partial charge in [-0.3, -0.25) is 9.36 Å². The number of carbonyl (C=O) groups excluding carboxylic acids is 1. The number of anilines is 2. The fourth-order valence-corrected chi connectivity index (χ4v) is 4.75. The number of rotatable bonds is 6. The van der Waals surface area contributed by atoms with Gasteiger partial charge in [0.1, 0.15) is 5.75 Å². The van der Waals surface area contributed by atoms with E-state index in [0.29, 0.717) is 42.0 Å². The Balaban J connectivity index is 1.53. The second-order valence-corrected chi connectivity index (χ2v) is 9.16. The van der Waals surface area contributed by atoms with Gasteiger partial charge in [0, 0.05) is 26.2 Å². The second kappa shape index (κ2) is 10.3. The highest BCUT2D eigenvalue weighted by molar-refractivity contribution is 5.94. The summed E-state index contributed by atoms with van der Waals surface area (Å²) >= 11 is 0. The summed E-state index contributed by atoms with van der Waals surface area (Å²) in [4.78, 5) is 35.2. The molecule has 2 heterocycles. The number of fused-ring (bicyclic) bond motifs is 1. The van der Waals surface area contributed by atoms with Crippen molar-refractivity contribution in [2.24, 2.45) is 0 Å². The van der Waals surface area contributed by atoms with Crippen molar-refractivity contribution < 1.29 is 14.3 Å². The Labute approximate surface area is 215 Å². The van der Waals surface area contributed by atoms with Gasteiger partial charge in [0.25, 0.3) is 5.56 Å². The van der Waals surface area contributed by atoms with Crippen LogP contribution in [0.15, 0.2) is 71.5 Å². The van der Waals surface area contributed by atoms with E-state index in [0.717, 1.165) is 35.7 Å². The molecule has 37 heavy (non-hydrogen) atoms. The third kappa shape index (κ3) is 4.87. The van der Waals surface area contributed by atoms with Gasteiger partial charge in [0.2, 0.25) is 5.95 Å². The first kappa shape index (κ1) is 24.4. The number of ether oxygens (including phenoxy) is 2. The first-order valence-electron chi connectivity index (χ1n) is 12.3. The summed E-state index contributed by atoms with van der Waals surface area (Å²) in [5.74, 6) is 0.977. The van der Waals surface area contributed by atoms with Crippen LogP contribution in [0.25, 0.3) is 10.9 Å². The van der Waals surface area contributed by atoms with Crippen molar-refractivity contribution in [3.05, 3.63) is 93.8 Å². The Kier molecular flexibility index (Phi) is 6.81. The van der Waals surface area contributed by atoms with Crippen molar-refractivity contribution in [1.82, 2.24) is 9.55 Å². The normalized spacial score (nSPS) is 13.6. The maximum absolute atomic E-state index is 13.7. The summed E-state index contributed by atoms with van der Waals surface area (Å²) in [6.45, 7) is 5.31. The molecule has 3 aromatic carbocycles. The average Bonchev–Trinajstić information content (AvgIpc) is 2.95. The van der Waals surface area contributed by atoms with E-state index in [-0.39, 0.29) is 5.56 Å². The van der Waals surface area contributed by atoms with E-state index in [9.17, 15) is 9.59 Å². The number of piperazine rings is 1. The zero-order chi connectivity index (χ0) is 25.9. The molecule has 0 bridgehead atoms. The van der Waals surface area contributed by atoms with Crippen LogP contribution in [0.3, 0.4) is 0 Å². The Morgan fingerprint density at radius 1 is 0.919 bits per heavy atom. The lowest BCUT2D eigenvalue weighted by atomic mass is 10.1. The van der Waals surface area contributed by atoms with E-state index in [4.69, 9.17) is 14.5 Å². The van der Waals surface area contributed by atoms with Crippen LogP contribution >= 0.6 is 0 Å². The molecule has 1 aromatic heterocycles. The van der Waals surface area contributed by atoms with Gasteiger partial charge in [0.05, 0.1) is 42.9 Å².